The van der Waals surface area contributed by atoms with Crippen LogP contribution in [0.15, 0.2) is 16.6 Å². The van der Waals surface area contributed by atoms with Crippen LogP contribution in [0, 0.1) is 5.82 Å². The summed E-state index contributed by atoms with van der Waals surface area (Å²) in [5, 5.41) is 8.84. The van der Waals surface area contributed by atoms with Gasteiger partial charge < -0.3 is 15.7 Å². The van der Waals surface area contributed by atoms with Crippen LogP contribution in [0.25, 0.3) is 0 Å². The van der Waals surface area contributed by atoms with Gasteiger partial charge >= 0.3 is 0 Å². The topological polar surface area (TPSA) is 66.6 Å². The van der Waals surface area contributed by atoms with Crippen LogP contribution in [0.5, 0.6) is 0 Å². The number of carbonyl (C=O) groups is 1. The van der Waals surface area contributed by atoms with E-state index in [9.17, 15) is 9.18 Å². The van der Waals surface area contributed by atoms with Crippen LogP contribution in [-0.2, 0) is 0 Å². The number of carbonyl (C=O) groups excluding carboxylic acids is 1. The monoisotopic (exact) mass is 304 g/mol. The lowest BCUT2D eigenvalue weighted by molar-refractivity contribution is 0.0731. The summed E-state index contributed by atoms with van der Waals surface area (Å²) >= 11 is 3.12. The molecule has 6 heteroatoms. The maximum absolute atomic E-state index is 13.1. The van der Waals surface area contributed by atoms with Gasteiger partial charge in [0, 0.05) is 17.6 Å². The second kappa shape index (κ2) is 5.97. The summed E-state index contributed by atoms with van der Waals surface area (Å²) < 4.78 is 13.5. The second-order valence-corrected chi connectivity index (χ2v) is 4.32. The van der Waals surface area contributed by atoms with Gasteiger partial charge in [0.15, 0.2) is 0 Å². The van der Waals surface area contributed by atoms with Crippen LogP contribution in [0.4, 0.5) is 10.1 Å². The minimum absolute atomic E-state index is 0.0726. The Balaban J connectivity index is 3.07. The third-order valence-corrected chi connectivity index (χ3v) is 3.01. The number of amides is 1. The Morgan fingerprint density at radius 1 is 1.59 bits per heavy atom. The summed E-state index contributed by atoms with van der Waals surface area (Å²) in [6, 6.07) is 2.46. The van der Waals surface area contributed by atoms with E-state index in [1.165, 1.54) is 11.0 Å². The van der Waals surface area contributed by atoms with E-state index in [0.29, 0.717) is 16.6 Å². The van der Waals surface area contributed by atoms with Crippen molar-refractivity contribution in [2.24, 2.45) is 0 Å². The number of nitrogens with zero attached hydrogens (tertiary/aromatic N) is 1. The minimum Gasteiger partial charge on any atom is -0.396 e. The zero-order chi connectivity index (χ0) is 13.0. The number of hydrogen-bond acceptors (Lipinski definition) is 3. The summed E-state index contributed by atoms with van der Waals surface area (Å²) in [6.07, 6.45) is 0. The molecule has 3 N–H and O–H groups in total. The number of likely N-dealkylation sites (N-methyl/N-ethyl adjacent to an activating group) is 1. The van der Waals surface area contributed by atoms with Gasteiger partial charge in [0.2, 0.25) is 0 Å². The van der Waals surface area contributed by atoms with E-state index in [-0.39, 0.29) is 24.7 Å². The zero-order valence-electron chi connectivity index (χ0n) is 9.41. The van der Waals surface area contributed by atoms with Crippen LogP contribution in [-0.4, -0.2) is 35.6 Å². The SMILES string of the molecule is CCN(CCO)C(=O)c1cc(N)c(F)cc1Br. The summed E-state index contributed by atoms with van der Waals surface area (Å²) in [4.78, 5) is 13.5. The number of anilines is 1. The van der Waals surface area contributed by atoms with Gasteiger partial charge in [0.1, 0.15) is 5.82 Å². The molecule has 0 saturated heterocycles. The Bertz CT molecular complexity index is 426. The Morgan fingerprint density at radius 3 is 2.76 bits per heavy atom. The van der Waals surface area contributed by atoms with E-state index in [1.54, 1.807) is 6.92 Å². The fourth-order valence-corrected chi connectivity index (χ4v) is 1.91. The van der Waals surface area contributed by atoms with Crippen molar-refractivity contribution in [3.63, 3.8) is 0 Å². The molecule has 0 atom stereocenters. The van der Waals surface area contributed by atoms with Crippen LogP contribution >= 0.6 is 15.9 Å². The van der Waals surface area contributed by atoms with Crippen LogP contribution in [0.3, 0.4) is 0 Å². The molecule has 0 aliphatic carbocycles. The number of benzene rings is 1. The number of aliphatic hydroxyl groups excluding tert-OH is 1. The molecular formula is C11H14BrFN2O2. The molecule has 0 saturated carbocycles. The number of aliphatic hydroxyl groups is 1. The molecule has 0 fully saturated rings. The van der Waals surface area contributed by atoms with Crippen molar-refractivity contribution in [1.29, 1.82) is 0 Å². The van der Waals surface area contributed by atoms with Gasteiger partial charge in [-0.05, 0) is 35.0 Å². The molecule has 1 aromatic carbocycles. The first-order valence-corrected chi connectivity index (χ1v) is 5.95. The van der Waals surface area contributed by atoms with Crippen molar-refractivity contribution in [2.75, 3.05) is 25.4 Å². The van der Waals surface area contributed by atoms with Gasteiger partial charge in [-0.3, -0.25) is 4.79 Å². The Morgan fingerprint density at radius 2 is 2.24 bits per heavy atom. The lowest BCUT2D eigenvalue weighted by atomic mass is 10.1. The molecule has 0 radical (unpaired) electrons. The van der Waals surface area contributed by atoms with Gasteiger partial charge in [0.05, 0.1) is 17.9 Å². The second-order valence-electron chi connectivity index (χ2n) is 3.46. The van der Waals surface area contributed by atoms with Crippen LogP contribution in [0.1, 0.15) is 17.3 Å². The fourth-order valence-electron chi connectivity index (χ4n) is 1.42. The van der Waals surface area contributed by atoms with E-state index in [0.717, 1.165) is 6.07 Å². The molecule has 0 aliphatic rings. The summed E-state index contributed by atoms with van der Waals surface area (Å²) in [5.74, 6) is -0.862. The number of hydrogen-bond donors (Lipinski definition) is 2. The molecule has 0 aromatic heterocycles. The molecule has 0 bridgehead atoms. The largest absolute Gasteiger partial charge is 0.396 e. The fraction of sp³-hybridized carbons (Fsp3) is 0.364. The summed E-state index contributed by atoms with van der Waals surface area (Å²) in [5.41, 5.74) is 5.65. The quantitative estimate of drug-likeness (QED) is 0.831. The third-order valence-electron chi connectivity index (χ3n) is 2.36. The molecule has 1 rings (SSSR count). The zero-order valence-corrected chi connectivity index (χ0v) is 11.0. The standard InChI is InChI=1S/C11H14BrFN2O2/c1-2-15(3-4-16)11(17)7-5-10(14)9(13)6-8(7)12/h5-6,16H,2-4,14H2,1H3. The highest BCUT2D eigenvalue weighted by atomic mass is 79.9. The van der Waals surface area contributed by atoms with Gasteiger partial charge in [-0.2, -0.15) is 0 Å². The van der Waals surface area contributed by atoms with Gasteiger partial charge in [-0.15, -0.1) is 0 Å². The summed E-state index contributed by atoms with van der Waals surface area (Å²) in [7, 11) is 0. The number of halogens is 2. The van der Waals surface area contributed by atoms with Gasteiger partial charge in [-0.25, -0.2) is 4.39 Å². The Labute approximate surface area is 107 Å². The number of rotatable bonds is 4. The van der Waals surface area contributed by atoms with Crippen LogP contribution < -0.4 is 5.73 Å². The molecule has 0 heterocycles. The maximum atomic E-state index is 13.1. The van der Waals surface area contributed by atoms with Gasteiger partial charge in [0.25, 0.3) is 5.91 Å². The Hall–Kier alpha value is -1.14. The lowest BCUT2D eigenvalue weighted by Gasteiger charge is -2.20. The Kier molecular flexibility index (Phi) is 4.89. The predicted molar refractivity (Wildman–Crippen MR) is 67.2 cm³/mol. The molecule has 1 aromatic rings. The van der Waals surface area contributed by atoms with Crippen molar-refractivity contribution in [2.45, 2.75) is 6.92 Å². The van der Waals surface area contributed by atoms with E-state index in [4.69, 9.17) is 10.8 Å². The predicted octanol–water partition coefficient (Wildman–Crippen LogP) is 1.62. The van der Waals surface area contributed by atoms with E-state index in [1.807, 2.05) is 0 Å². The molecule has 4 nitrogen and oxygen atoms in total. The van der Waals surface area contributed by atoms with Crippen LogP contribution in [0.2, 0.25) is 0 Å². The molecule has 1 amide bonds. The highest BCUT2D eigenvalue weighted by molar-refractivity contribution is 9.10. The normalized spacial score (nSPS) is 10.4. The summed E-state index contributed by atoms with van der Waals surface area (Å²) in [6.45, 7) is 2.38. The highest BCUT2D eigenvalue weighted by Gasteiger charge is 2.18. The lowest BCUT2D eigenvalue weighted by Crippen LogP contribution is -2.33. The first-order valence-electron chi connectivity index (χ1n) is 5.15. The first kappa shape index (κ1) is 13.9. The molecule has 17 heavy (non-hydrogen) atoms. The van der Waals surface area contributed by atoms with Gasteiger partial charge in [-0.1, -0.05) is 0 Å². The van der Waals surface area contributed by atoms with Crippen molar-refractivity contribution >= 4 is 27.5 Å². The molecule has 0 spiro atoms. The minimum atomic E-state index is -0.571. The molecule has 0 aliphatic heterocycles. The van der Waals surface area contributed by atoms with E-state index in [2.05, 4.69) is 15.9 Å². The first-order chi connectivity index (χ1) is 8.01. The van der Waals surface area contributed by atoms with E-state index < -0.39 is 5.82 Å². The highest BCUT2D eigenvalue weighted by Crippen LogP contribution is 2.24. The maximum Gasteiger partial charge on any atom is 0.255 e. The van der Waals surface area contributed by atoms with Crippen molar-refractivity contribution in [3.05, 3.63) is 28.0 Å². The average Bonchev–Trinajstić information content (AvgIpc) is 2.30. The molecular weight excluding hydrogens is 291 g/mol. The smallest absolute Gasteiger partial charge is 0.255 e. The third kappa shape index (κ3) is 3.17. The van der Waals surface area contributed by atoms with Crippen molar-refractivity contribution in [3.8, 4) is 0 Å². The molecule has 0 unspecified atom stereocenters. The number of nitrogen functional groups attached to an aromatic ring is 1. The van der Waals surface area contributed by atoms with E-state index >= 15 is 0 Å². The average molecular weight is 305 g/mol. The molecule has 94 valence electrons. The number of nitrogens with two attached hydrogens (primary N) is 1. The van der Waals surface area contributed by atoms with Crippen molar-refractivity contribution < 1.29 is 14.3 Å². The van der Waals surface area contributed by atoms with Crippen molar-refractivity contribution in [1.82, 2.24) is 4.90 Å².